The van der Waals surface area contributed by atoms with Gasteiger partial charge in [-0.3, -0.25) is 14.5 Å². The van der Waals surface area contributed by atoms with E-state index in [1.165, 1.54) is 5.56 Å². The molecule has 2 aliphatic heterocycles. The summed E-state index contributed by atoms with van der Waals surface area (Å²) in [6.07, 6.45) is 2.97. The molecule has 2 fully saturated rings. The number of primary amides is 1. The lowest BCUT2D eigenvalue weighted by Crippen LogP contribution is -2.40. The Morgan fingerprint density at radius 3 is 2.35 bits per heavy atom. The molecule has 1 radical (unpaired) electrons. The first kappa shape index (κ1) is 21.5. The molecule has 0 aromatic heterocycles. The predicted molar refractivity (Wildman–Crippen MR) is 119 cm³/mol. The zero-order valence-electron chi connectivity index (χ0n) is 17.9. The van der Waals surface area contributed by atoms with Crippen molar-refractivity contribution in [3.63, 3.8) is 0 Å². The van der Waals surface area contributed by atoms with Crippen LogP contribution in [0.5, 0.6) is 0 Å². The van der Waals surface area contributed by atoms with Crippen molar-refractivity contribution < 1.29 is 14.7 Å². The van der Waals surface area contributed by atoms with Gasteiger partial charge in [-0.2, -0.15) is 0 Å². The van der Waals surface area contributed by atoms with E-state index in [9.17, 15) is 14.7 Å². The Morgan fingerprint density at radius 2 is 1.74 bits per heavy atom. The van der Waals surface area contributed by atoms with Gasteiger partial charge >= 0.3 is 0 Å². The van der Waals surface area contributed by atoms with Crippen molar-refractivity contribution in [2.45, 2.75) is 19.4 Å². The molecule has 3 atom stereocenters. The first-order chi connectivity index (χ1) is 15.0. The lowest BCUT2D eigenvalue weighted by molar-refractivity contribution is 0.0753. The van der Waals surface area contributed by atoms with Gasteiger partial charge in [-0.15, -0.1) is 0 Å². The Hall–Kier alpha value is -2.70. The number of aliphatic hydroxyl groups excluding tert-OH is 1. The van der Waals surface area contributed by atoms with Gasteiger partial charge in [0.2, 0.25) is 5.91 Å². The van der Waals surface area contributed by atoms with Gasteiger partial charge in [0.05, 0.1) is 17.7 Å². The van der Waals surface area contributed by atoms with Crippen molar-refractivity contribution >= 4 is 11.8 Å². The molecule has 0 spiro atoms. The maximum atomic E-state index is 13.2. The minimum Gasteiger partial charge on any atom is -0.395 e. The fraction of sp³-hybridized carbons (Fsp3) is 0.400. The average Bonchev–Trinajstić information content (AvgIpc) is 3.34. The molecule has 6 heteroatoms. The molecule has 163 valence electrons. The van der Waals surface area contributed by atoms with Crippen molar-refractivity contribution in [2.75, 3.05) is 32.8 Å². The monoisotopic (exact) mass is 420 g/mol. The maximum Gasteiger partial charge on any atom is 0.254 e. The van der Waals surface area contributed by atoms with Crippen LogP contribution in [-0.2, 0) is 0 Å². The highest BCUT2D eigenvalue weighted by Crippen LogP contribution is 2.34. The van der Waals surface area contributed by atoms with E-state index in [4.69, 9.17) is 5.73 Å². The van der Waals surface area contributed by atoms with Crippen LogP contribution in [0.4, 0.5) is 0 Å². The van der Waals surface area contributed by atoms with Crippen molar-refractivity contribution in [3.8, 4) is 0 Å². The van der Waals surface area contributed by atoms with Gasteiger partial charge in [0, 0.05) is 32.2 Å². The molecular weight excluding hydrogens is 390 g/mol. The maximum absolute atomic E-state index is 13.2. The van der Waals surface area contributed by atoms with Crippen LogP contribution in [-0.4, -0.2) is 65.5 Å². The molecule has 2 saturated heterocycles. The van der Waals surface area contributed by atoms with Gasteiger partial charge in [0.1, 0.15) is 0 Å². The number of hydrogen-bond donors (Lipinski definition) is 2. The standard InChI is InChI=1S/C25H30N3O3/c1-17-6-5-9-22(24(26)30)23(17)25(31)28-14-19-12-27(13-20(19)15-28)21(16-29)11-10-18-7-3-2-4-8-18/h2-10,19-21,29H,11-16H2,1H3,(H2,26,30). The molecule has 0 aliphatic carbocycles. The topological polar surface area (TPSA) is 86.9 Å². The van der Waals surface area contributed by atoms with Crippen molar-refractivity contribution in [2.24, 2.45) is 17.6 Å². The van der Waals surface area contributed by atoms with Crippen LogP contribution in [0.3, 0.4) is 0 Å². The van der Waals surface area contributed by atoms with Crippen LogP contribution in [0, 0.1) is 25.2 Å². The highest BCUT2D eigenvalue weighted by Gasteiger charge is 2.43. The van der Waals surface area contributed by atoms with Crippen LogP contribution in [0.25, 0.3) is 0 Å². The third kappa shape index (κ3) is 4.50. The number of carbonyl (C=O) groups excluding carboxylic acids is 2. The van der Waals surface area contributed by atoms with E-state index in [0.717, 1.165) is 25.1 Å². The van der Waals surface area contributed by atoms with Crippen molar-refractivity contribution in [1.82, 2.24) is 9.80 Å². The summed E-state index contributed by atoms with van der Waals surface area (Å²) in [5.74, 6) is 0.0913. The summed E-state index contributed by atoms with van der Waals surface area (Å²) >= 11 is 0. The number of aliphatic hydroxyl groups is 1. The number of nitrogens with zero attached hydrogens (tertiary/aromatic N) is 2. The lowest BCUT2D eigenvalue weighted by atomic mass is 10.00. The second kappa shape index (κ2) is 9.20. The molecule has 3 N–H and O–H groups in total. The molecule has 0 saturated carbocycles. The zero-order chi connectivity index (χ0) is 22.0. The summed E-state index contributed by atoms with van der Waals surface area (Å²) < 4.78 is 0. The number of aryl methyl sites for hydroxylation is 1. The minimum atomic E-state index is -0.571. The molecular formula is C25H30N3O3. The van der Waals surface area contributed by atoms with Gasteiger partial charge in [-0.05, 0) is 48.8 Å². The lowest BCUT2D eigenvalue weighted by Gasteiger charge is -2.28. The first-order valence-electron chi connectivity index (χ1n) is 10.9. The fourth-order valence-corrected chi connectivity index (χ4v) is 5.01. The summed E-state index contributed by atoms with van der Waals surface area (Å²) in [4.78, 5) is 29.3. The molecule has 2 aromatic carbocycles. The Kier molecular flexibility index (Phi) is 6.39. The molecule has 31 heavy (non-hydrogen) atoms. The number of benzene rings is 2. The highest BCUT2D eigenvalue weighted by atomic mass is 16.3. The Morgan fingerprint density at radius 1 is 1.06 bits per heavy atom. The summed E-state index contributed by atoms with van der Waals surface area (Å²) in [6, 6.07) is 15.5. The van der Waals surface area contributed by atoms with E-state index in [-0.39, 0.29) is 18.6 Å². The number of carbonyl (C=O) groups is 2. The molecule has 2 aliphatic rings. The summed E-state index contributed by atoms with van der Waals surface area (Å²) in [7, 11) is 0. The molecule has 2 aromatic rings. The van der Waals surface area contributed by atoms with Crippen molar-refractivity contribution in [1.29, 1.82) is 0 Å². The molecule has 2 amide bonds. The summed E-state index contributed by atoms with van der Waals surface area (Å²) in [5.41, 5.74) is 8.17. The second-order valence-corrected chi connectivity index (χ2v) is 8.73. The van der Waals surface area contributed by atoms with E-state index in [0.29, 0.717) is 36.1 Å². The third-order valence-electron chi connectivity index (χ3n) is 6.71. The van der Waals surface area contributed by atoms with Crippen LogP contribution < -0.4 is 5.73 Å². The number of likely N-dealkylation sites (tertiary alicyclic amines) is 2. The quantitative estimate of drug-likeness (QED) is 0.718. The van der Waals surface area contributed by atoms with E-state index in [1.807, 2.05) is 36.1 Å². The average molecular weight is 421 g/mol. The minimum absolute atomic E-state index is 0.0905. The van der Waals surface area contributed by atoms with Gasteiger partial charge in [0.15, 0.2) is 0 Å². The second-order valence-electron chi connectivity index (χ2n) is 8.73. The Labute approximate surface area is 183 Å². The van der Waals surface area contributed by atoms with Gasteiger partial charge in [-0.25, -0.2) is 0 Å². The molecule has 6 nitrogen and oxygen atoms in total. The number of amides is 2. The van der Waals surface area contributed by atoms with Crippen molar-refractivity contribution in [3.05, 3.63) is 77.2 Å². The highest BCUT2D eigenvalue weighted by molar-refractivity contribution is 6.07. The number of nitrogens with two attached hydrogens (primary N) is 1. The normalized spacial score (nSPS) is 21.8. The molecule has 2 heterocycles. The first-order valence-corrected chi connectivity index (χ1v) is 10.9. The summed E-state index contributed by atoms with van der Waals surface area (Å²) in [6.45, 7) is 5.06. The van der Waals surface area contributed by atoms with E-state index in [2.05, 4.69) is 23.5 Å². The Balaban J connectivity index is 1.38. The predicted octanol–water partition coefficient (Wildman–Crippen LogP) is 2.10. The van der Waals surface area contributed by atoms with Gasteiger partial charge in [0.25, 0.3) is 5.91 Å². The van der Waals surface area contributed by atoms with Gasteiger partial charge in [-0.1, -0.05) is 42.5 Å². The van der Waals surface area contributed by atoms with Crippen LogP contribution in [0.15, 0.2) is 48.5 Å². The third-order valence-corrected chi connectivity index (χ3v) is 6.71. The number of fused-ring (bicyclic) bond motifs is 1. The van der Waals surface area contributed by atoms with Gasteiger partial charge < -0.3 is 15.7 Å². The molecule has 3 unspecified atom stereocenters. The largest absolute Gasteiger partial charge is 0.395 e. The van der Waals surface area contributed by atoms with E-state index < -0.39 is 5.91 Å². The fourth-order valence-electron chi connectivity index (χ4n) is 5.01. The zero-order valence-corrected chi connectivity index (χ0v) is 17.9. The van der Waals surface area contributed by atoms with E-state index in [1.54, 1.807) is 12.1 Å². The molecule has 4 rings (SSSR count). The Bertz CT molecular complexity index is 932. The number of hydrogen-bond acceptors (Lipinski definition) is 4. The summed E-state index contributed by atoms with van der Waals surface area (Å²) in [5, 5.41) is 9.96. The van der Waals surface area contributed by atoms with Crippen LogP contribution in [0.2, 0.25) is 0 Å². The SMILES string of the molecule is Cc1cccc(C(N)=O)c1C(=O)N1CC2CN(C(CO)C[CH]c3ccccc3)CC2C1. The van der Waals surface area contributed by atoms with Crippen LogP contribution >= 0.6 is 0 Å². The molecule has 0 bridgehead atoms. The smallest absolute Gasteiger partial charge is 0.254 e. The van der Waals surface area contributed by atoms with Crippen LogP contribution in [0.1, 0.15) is 38.3 Å². The number of rotatable bonds is 7. The van der Waals surface area contributed by atoms with E-state index >= 15 is 0 Å².